The van der Waals surface area contributed by atoms with Crippen molar-refractivity contribution >= 4 is 48.9 Å². The van der Waals surface area contributed by atoms with Crippen LogP contribution in [0.1, 0.15) is 26.2 Å². The van der Waals surface area contributed by atoms with Crippen LogP contribution < -0.4 is 0 Å². The first-order valence-corrected chi connectivity index (χ1v) is 8.86. The minimum atomic E-state index is -3.36. The van der Waals surface area contributed by atoms with Gasteiger partial charge in [0.1, 0.15) is 4.21 Å². The molecule has 96 valence electrons. The molecule has 3 nitrogen and oxygen atoms in total. The molecule has 17 heavy (non-hydrogen) atoms. The second kappa shape index (κ2) is 5.17. The van der Waals surface area contributed by atoms with E-state index < -0.39 is 10.0 Å². The Kier molecular flexibility index (Phi) is 4.20. The fourth-order valence-corrected chi connectivity index (χ4v) is 6.40. The van der Waals surface area contributed by atoms with Gasteiger partial charge in [0, 0.05) is 12.6 Å². The van der Waals surface area contributed by atoms with Gasteiger partial charge in [-0.05, 0) is 41.3 Å². The lowest BCUT2D eigenvalue weighted by Gasteiger charge is -2.21. The van der Waals surface area contributed by atoms with E-state index in [1.165, 1.54) is 17.4 Å². The Morgan fingerprint density at radius 1 is 1.65 bits per heavy atom. The first-order valence-electron chi connectivity index (χ1n) is 5.43. The molecule has 1 fully saturated rings. The van der Waals surface area contributed by atoms with Crippen LogP contribution in [0.5, 0.6) is 0 Å². The normalized spacial score (nSPS) is 22.2. The van der Waals surface area contributed by atoms with Crippen LogP contribution in [0.25, 0.3) is 0 Å². The van der Waals surface area contributed by atoms with Crippen molar-refractivity contribution in [2.45, 2.75) is 36.4 Å². The third-order valence-electron chi connectivity index (χ3n) is 2.98. The highest BCUT2D eigenvalue weighted by Gasteiger charge is 2.35. The number of halogens is 2. The molecule has 1 aliphatic rings. The van der Waals surface area contributed by atoms with E-state index in [0.29, 0.717) is 19.6 Å². The zero-order valence-electron chi connectivity index (χ0n) is 9.32. The Morgan fingerprint density at radius 2 is 2.35 bits per heavy atom. The SMILES string of the molecule is CCC1CCCN1S(=O)(=O)c1cc(Cl)c(Br)s1. The van der Waals surface area contributed by atoms with E-state index in [1.807, 2.05) is 6.92 Å². The van der Waals surface area contributed by atoms with Gasteiger partial charge in [-0.3, -0.25) is 0 Å². The standard InChI is InChI=1S/C10H13BrClNO2S2/c1-2-7-4-3-5-13(7)17(14,15)9-6-8(12)10(11)16-9/h6-7H,2-5H2,1H3. The van der Waals surface area contributed by atoms with Gasteiger partial charge < -0.3 is 0 Å². The Bertz CT molecular complexity index is 495. The molecule has 2 rings (SSSR count). The highest BCUT2D eigenvalue weighted by molar-refractivity contribution is 9.11. The molecular weight excluding hydrogens is 346 g/mol. The van der Waals surface area contributed by atoms with Crippen molar-refractivity contribution < 1.29 is 8.42 Å². The van der Waals surface area contributed by atoms with Gasteiger partial charge in [0.2, 0.25) is 0 Å². The molecule has 0 bridgehead atoms. The van der Waals surface area contributed by atoms with Crippen LogP contribution >= 0.6 is 38.9 Å². The van der Waals surface area contributed by atoms with Crippen molar-refractivity contribution in [3.8, 4) is 0 Å². The Balaban J connectivity index is 2.36. The van der Waals surface area contributed by atoms with Crippen LogP contribution in [0.15, 0.2) is 14.1 Å². The lowest BCUT2D eigenvalue weighted by atomic mass is 10.2. The van der Waals surface area contributed by atoms with E-state index in [0.717, 1.165) is 19.3 Å². The predicted molar refractivity (Wildman–Crippen MR) is 74.2 cm³/mol. The number of hydrogen-bond donors (Lipinski definition) is 0. The van der Waals surface area contributed by atoms with Crippen LogP contribution in [0.3, 0.4) is 0 Å². The summed E-state index contributed by atoms with van der Waals surface area (Å²) in [6, 6.07) is 1.66. The van der Waals surface area contributed by atoms with E-state index in [4.69, 9.17) is 11.6 Å². The van der Waals surface area contributed by atoms with Gasteiger partial charge in [0.15, 0.2) is 0 Å². The highest BCUT2D eigenvalue weighted by atomic mass is 79.9. The number of nitrogens with zero attached hydrogens (tertiary/aromatic N) is 1. The number of hydrogen-bond acceptors (Lipinski definition) is 3. The van der Waals surface area contributed by atoms with Gasteiger partial charge in [-0.25, -0.2) is 8.42 Å². The predicted octanol–water partition coefficient (Wildman–Crippen LogP) is 3.73. The second-order valence-electron chi connectivity index (χ2n) is 4.01. The maximum Gasteiger partial charge on any atom is 0.252 e. The van der Waals surface area contributed by atoms with Crippen LogP contribution in [-0.4, -0.2) is 25.3 Å². The third kappa shape index (κ3) is 2.56. The zero-order chi connectivity index (χ0) is 12.6. The molecule has 1 saturated heterocycles. The van der Waals surface area contributed by atoms with Gasteiger partial charge in [-0.1, -0.05) is 18.5 Å². The minimum Gasteiger partial charge on any atom is -0.206 e. The lowest BCUT2D eigenvalue weighted by molar-refractivity contribution is 0.380. The smallest absolute Gasteiger partial charge is 0.206 e. The Morgan fingerprint density at radius 3 is 2.88 bits per heavy atom. The maximum absolute atomic E-state index is 12.4. The molecule has 0 aromatic carbocycles. The molecule has 0 aliphatic carbocycles. The van der Waals surface area contributed by atoms with Crippen molar-refractivity contribution in [3.63, 3.8) is 0 Å². The zero-order valence-corrected chi connectivity index (χ0v) is 13.3. The summed E-state index contributed by atoms with van der Waals surface area (Å²) in [5.41, 5.74) is 0. The fourth-order valence-electron chi connectivity index (χ4n) is 2.10. The monoisotopic (exact) mass is 357 g/mol. The quantitative estimate of drug-likeness (QED) is 0.825. The third-order valence-corrected chi connectivity index (χ3v) is 7.86. The Labute approximate surface area is 119 Å². The van der Waals surface area contributed by atoms with Gasteiger partial charge in [0.05, 0.1) is 8.81 Å². The largest absolute Gasteiger partial charge is 0.252 e. The van der Waals surface area contributed by atoms with Crippen molar-refractivity contribution in [1.82, 2.24) is 4.31 Å². The molecule has 7 heteroatoms. The molecule has 1 aliphatic heterocycles. The summed E-state index contributed by atoms with van der Waals surface area (Å²) in [6.45, 7) is 2.64. The van der Waals surface area contributed by atoms with Crippen molar-refractivity contribution in [1.29, 1.82) is 0 Å². The van der Waals surface area contributed by atoms with Crippen LogP contribution in [0.2, 0.25) is 5.02 Å². The van der Waals surface area contributed by atoms with Crippen LogP contribution in [-0.2, 0) is 10.0 Å². The molecule has 1 atom stereocenters. The summed E-state index contributed by atoms with van der Waals surface area (Å²) < 4.78 is 27.5. The molecular formula is C10H13BrClNO2S2. The Hall–Kier alpha value is 0.380. The average Bonchev–Trinajstić information content (AvgIpc) is 2.86. The topological polar surface area (TPSA) is 37.4 Å². The molecule has 0 saturated carbocycles. The van der Waals surface area contributed by atoms with Crippen LogP contribution in [0.4, 0.5) is 0 Å². The molecule has 0 N–H and O–H groups in total. The molecule has 1 aromatic rings. The summed E-state index contributed by atoms with van der Waals surface area (Å²) in [5.74, 6) is 0. The van der Waals surface area contributed by atoms with Crippen molar-refractivity contribution in [2.24, 2.45) is 0 Å². The molecule has 0 spiro atoms. The second-order valence-corrected chi connectivity index (χ2v) is 8.90. The fraction of sp³-hybridized carbons (Fsp3) is 0.600. The molecule has 0 radical (unpaired) electrons. The minimum absolute atomic E-state index is 0.139. The molecule has 2 heterocycles. The summed E-state index contributed by atoms with van der Waals surface area (Å²) in [7, 11) is -3.36. The number of thiophene rings is 1. The number of rotatable bonds is 3. The van der Waals surface area contributed by atoms with Gasteiger partial charge >= 0.3 is 0 Å². The van der Waals surface area contributed by atoms with E-state index in [2.05, 4.69) is 15.9 Å². The molecule has 0 amide bonds. The summed E-state index contributed by atoms with van der Waals surface area (Å²) in [5, 5.41) is 0.459. The van der Waals surface area contributed by atoms with E-state index >= 15 is 0 Å². The van der Waals surface area contributed by atoms with E-state index in [-0.39, 0.29) is 6.04 Å². The van der Waals surface area contributed by atoms with Gasteiger partial charge in [-0.15, -0.1) is 11.3 Å². The van der Waals surface area contributed by atoms with Gasteiger partial charge in [0.25, 0.3) is 10.0 Å². The van der Waals surface area contributed by atoms with E-state index in [1.54, 1.807) is 4.31 Å². The lowest BCUT2D eigenvalue weighted by Crippen LogP contribution is -2.34. The number of sulfonamides is 1. The molecule has 1 aromatic heterocycles. The summed E-state index contributed by atoms with van der Waals surface area (Å²) >= 11 is 10.3. The highest BCUT2D eigenvalue weighted by Crippen LogP contribution is 2.37. The van der Waals surface area contributed by atoms with Crippen molar-refractivity contribution in [3.05, 3.63) is 14.9 Å². The average molecular weight is 359 g/mol. The summed E-state index contributed by atoms with van der Waals surface area (Å²) in [4.78, 5) is 0. The maximum atomic E-state index is 12.4. The first-order chi connectivity index (χ1) is 7.96. The molecule has 1 unspecified atom stereocenters. The van der Waals surface area contributed by atoms with Gasteiger partial charge in [-0.2, -0.15) is 4.31 Å². The first kappa shape index (κ1) is 13.8. The van der Waals surface area contributed by atoms with Crippen LogP contribution in [0, 0.1) is 0 Å². The van der Waals surface area contributed by atoms with Crippen molar-refractivity contribution in [2.75, 3.05) is 6.54 Å². The van der Waals surface area contributed by atoms with E-state index in [9.17, 15) is 8.42 Å². The summed E-state index contributed by atoms with van der Waals surface area (Å²) in [6.07, 6.45) is 2.76.